The molecule has 0 atom stereocenters. The monoisotopic (exact) mass is 208 g/mol. The second-order valence-electron chi connectivity index (χ2n) is 1.87. The van der Waals surface area contributed by atoms with Gasteiger partial charge in [-0.3, -0.25) is 4.89 Å². The van der Waals surface area contributed by atoms with Crippen molar-refractivity contribution in [1.29, 1.82) is 0 Å². The van der Waals surface area contributed by atoms with Crippen molar-refractivity contribution >= 4 is 23.5 Å². The minimum atomic E-state index is -1.17. The molecule has 0 aliphatic heterocycles. The average molecular weight is 209 g/mol. The Morgan fingerprint density at radius 2 is 1.69 bits per heavy atom. The highest BCUT2D eigenvalue weighted by Gasteiger charge is 1.98. The van der Waals surface area contributed by atoms with E-state index in [2.05, 4.69) is 18.0 Å². The van der Waals surface area contributed by atoms with Crippen LogP contribution in [0.5, 0.6) is 0 Å². The third kappa shape index (κ3) is 10.7. The molecule has 0 saturated heterocycles. The summed E-state index contributed by atoms with van der Waals surface area (Å²) in [5.74, 6) is -1.96. The lowest BCUT2D eigenvalue weighted by atomic mass is 10.4. The third-order valence-electron chi connectivity index (χ3n) is 0.663. The van der Waals surface area contributed by atoms with Gasteiger partial charge >= 0.3 is 11.9 Å². The van der Waals surface area contributed by atoms with E-state index >= 15 is 0 Å². The van der Waals surface area contributed by atoms with Crippen LogP contribution in [-0.2, 0) is 14.5 Å². The van der Waals surface area contributed by atoms with E-state index in [4.69, 9.17) is 22.0 Å². The van der Waals surface area contributed by atoms with Crippen molar-refractivity contribution in [2.75, 3.05) is 0 Å². The van der Waals surface area contributed by atoms with Gasteiger partial charge in [0.15, 0.2) is 0 Å². The fourth-order valence-corrected chi connectivity index (χ4v) is 0.0779. The summed E-state index contributed by atoms with van der Waals surface area (Å²) in [5.41, 5.74) is 0.183. The Morgan fingerprint density at radius 3 is 1.69 bits per heavy atom. The molecule has 2 N–H and O–H groups in total. The van der Waals surface area contributed by atoms with E-state index in [0.29, 0.717) is 0 Å². The molecule has 0 amide bonds. The lowest BCUT2D eigenvalue weighted by Crippen LogP contribution is -1.99. The number of carbonyl (C=O) groups excluding carboxylic acids is 1. The summed E-state index contributed by atoms with van der Waals surface area (Å²) < 4.78 is 0. The first-order valence-electron chi connectivity index (χ1n) is 2.91. The van der Waals surface area contributed by atoms with E-state index in [1.807, 2.05) is 0 Å². The molecule has 0 bridgehead atoms. The van der Waals surface area contributed by atoms with Gasteiger partial charge in [-0.25, -0.2) is 9.59 Å². The molecule has 13 heavy (non-hydrogen) atoms. The van der Waals surface area contributed by atoms with Gasteiger partial charge in [0.25, 0.3) is 0 Å². The van der Waals surface area contributed by atoms with Gasteiger partial charge in [0.05, 0.1) is 0 Å². The summed E-state index contributed by atoms with van der Waals surface area (Å²) in [6.07, 6.45) is 0. The highest BCUT2D eigenvalue weighted by atomic mass is 35.5. The number of halogens is 1. The van der Waals surface area contributed by atoms with Crippen LogP contribution in [0, 0.1) is 0 Å². The first kappa shape index (κ1) is 14.2. The number of hydrogen-bond acceptors (Lipinski definition) is 4. The van der Waals surface area contributed by atoms with Gasteiger partial charge in [-0.05, 0) is 6.92 Å². The molecule has 0 spiro atoms. The Morgan fingerprint density at radius 1 is 1.38 bits per heavy atom. The number of carboxylic acids is 1. The van der Waals surface area contributed by atoms with Crippen LogP contribution < -0.4 is 0 Å². The van der Waals surface area contributed by atoms with Crippen molar-refractivity contribution in [1.82, 2.24) is 0 Å². The second-order valence-corrected chi connectivity index (χ2v) is 2.33. The van der Waals surface area contributed by atoms with E-state index in [9.17, 15) is 9.59 Å². The van der Waals surface area contributed by atoms with Crippen LogP contribution in [0.3, 0.4) is 0 Å². The summed E-state index contributed by atoms with van der Waals surface area (Å²) >= 11 is 4.82. The van der Waals surface area contributed by atoms with Crippen LogP contribution in [0.1, 0.15) is 6.92 Å². The molecule has 6 heteroatoms. The number of rotatable bonds is 2. The number of carbonyl (C=O) groups is 2. The van der Waals surface area contributed by atoms with Gasteiger partial charge in [0.1, 0.15) is 5.03 Å². The zero-order valence-electron chi connectivity index (χ0n) is 6.91. The predicted molar refractivity (Wildman–Crippen MR) is 46.2 cm³/mol. The van der Waals surface area contributed by atoms with Crippen molar-refractivity contribution in [2.45, 2.75) is 6.92 Å². The topological polar surface area (TPSA) is 83.8 Å². The second kappa shape index (κ2) is 7.33. The molecular formula is C7H9ClO5. The molecule has 0 aliphatic rings. The Balaban J connectivity index is 0. The standard InChI is InChI=1S/C4H6O3.C3H3ClO2/c1-3(2)4(5)7-6;1-2(4)3(5)6/h6H,1H2,2H3;1H2,(H,5,6). The first-order chi connectivity index (χ1) is 5.82. The highest BCUT2D eigenvalue weighted by Crippen LogP contribution is 1.92. The summed E-state index contributed by atoms with van der Waals surface area (Å²) in [5, 5.41) is 15.0. The molecule has 0 saturated carbocycles. The maximum Gasteiger partial charge on any atom is 0.367 e. The number of carboxylic acid groups (broad SMARTS) is 1. The van der Waals surface area contributed by atoms with E-state index < -0.39 is 11.9 Å². The molecule has 5 nitrogen and oxygen atoms in total. The van der Waals surface area contributed by atoms with Crippen LogP contribution in [0.2, 0.25) is 0 Å². The Labute approximate surface area is 79.8 Å². The van der Waals surface area contributed by atoms with Crippen molar-refractivity contribution in [3.63, 3.8) is 0 Å². The van der Waals surface area contributed by atoms with E-state index in [-0.39, 0.29) is 10.6 Å². The molecule has 0 aromatic rings. The fraction of sp³-hybridized carbons (Fsp3) is 0.143. The number of hydrogen-bond donors (Lipinski definition) is 2. The molecule has 0 aliphatic carbocycles. The predicted octanol–water partition coefficient (Wildman–Crippen LogP) is 1.40. The molecule has 0 fully saturated rings. The zero-order chi connectivity index (χ0) is 11.0. The zero-order valence-corrected chi connectivity index (χ0v) is 7.67. The van der Waals surface area contributed by atoms with Crippen molar-refractivity contribution in [3.8, 4) is 0 Å². The maximum atomic E-state index is 9.94. The van der Waals surface area contributed by atoms with Gasteiger partial charge in [-0.1, -0.05) is 24.8 Å². The Kier molecular flexibility index (Phi) is 8.01. The van der Waals surface area contributed by atoms with Crippen molar-refractivity contribution < 1.29 is 24.8 Å². The third-order valence-corrected chi connectivity index (χ3v) is 0.825. The van der Waals surface area contributed by atoms with E-state index in [1.165, 1.54) is 6.92 Å². The maximum absolute atomic E-state index is 9.94. The lowest BCUT2D eigenvalue weighted by Gasteiger charge is -1.88. The average Bonchev–Trinajstić information content (AvgIpc) is 2.03. The molecular weight excluding hydrogens is 200 g/mol. The van der Waals surface area contributed by atoms with Gasteiger partial charge in [-0.2, -0.15) is 5.26 Å². The summed E-state index contributed by atoms with van der Waals surface area (Å²) in [7, 11) is 0. The van der Waals surface area contributed by atoms with E-state index in [1.54, 1.807) is 0 Å². The lowest BCUT2D eigenvalue weighted by molar-refractivity contribution is -0.229. The van der Waals surface area contributed by atoms with Crippen molar-refractivity contribution in [2.24, 2.45) is 0 Å². The summed E-state index contributed by atoms with van der Waals surface area (Å²) in [4.78, 5) is 22.7. The SMILES string of the molecule is C=C(C)C(=O)OO.C=C(Cl)C(=O)O. The fourth-order valence-electron chi connectivity index (χ4n) is 0.0779. The Hall–Kier alpha value is -1.33. The van der Waals surface area contributed by atoms with Gasteiger partial charge in [0.2, 0.25) is 0 Å². The molecule has 0 aromatic heterocycles. The molecule has 74 valence electrons. The molecule has 0 rings (SSSR count). The smallest absolute Gasteiger partial charge is 0.367 e. The van der Waals surface area contributed by atoms with Crippen molar-refractivity contribution in [3.05, 3.63) is 23.8 Å². The van der Waals surface area contributed by atoms with Crippen LogP contribution in [0.4, 0.5) is 0 Å². The van der Waals surface area contributed by atoms with Crippen LogP contribution in [0.15, 0.2) is 23.8 Å². The molecule has 0 aromatic carbocycles. The summed E-state index contributed by atoms with van der Waals surface area (Å²) in [6, 6.07) is 0. The minimum Gasteiger partial charge on any atom is -0.477 e. The Bertz CT molecular complexity index is 221. The highest BCUT2D eigenvalue weighted by molar-refractivity contribution is 6.40. The normalized spacial score (nSPS) is 7.62. The van der Waals surface area contributed by atoms with Gasteiger partial charge < -0.3 is 5.11 Å². The largest absolute Gasteiger partial charge is 0.477 e. The van der Waals surface area contributed by atoms with Gasteiger partial charge in [0, 0.05) is 5.57 Å². The summed E-state index contributed by atoms with van der Waals surface area (Å²) in [6.45, 7) is 7.55. The minimum absolute atomic E-state index is 0.183. The van der Waals surface area contributed by atoms with Crippen LogP contribution in [-0.4, -0.2) is 22.3 Å². The van der Waals surface area contributed by atoms with Crippen LogP contribution >= 0.6 is 11.6 Å². The first-order valence-corrected chi connectivity index (χ1v) is 3.29. The quantitative estimate of drug-likeness (QED) is 0.407. The van der Waals surface area contributed by atoms with Gasteiger partial charge in [-0.15, -0.1) is 0 Å². The van der Waals surface area contributed by atoms with E-state index in [0.717, 1.165) is 0 Å². The molecule has 0 heterocycles. The molecule has 0 unspecified atom stereocenters. The van der Waals surface area contributed by atoms with Crippen LogP contribution in [0.25, 0.3) is 0 Å². The molecule has 0 radical (unpaired) electrons. The number of aliphatic carboxylic acids is 1.